The molecule has 1 fully saturated rings. The van der Waals surface area contributed by atoms with Crippen molar-refractivity contribution < 1.29 is 28.6 Å². The molecule has 8 heteroatoms. The largest absolute Gasteiger partial charge is 0.458 e. The molecule has 1 aliphatic carbocycles. The summed E-state index contributed by atoms with van der Waals surface area (Å²) in [5, 5.41) is 1.96. The zero-order chi connectivity index (χ0) is 20.2. The van der Waals surface area contributed by atoms with Crippen molar-refractivity contribution in [2.24, 2.45) is 5.92 Å². The molecule has 3 aliphatic rings. The second-order valence-electron chi connectivity index (χ2n) is 8.04. The lowest BCUT2D eigenvalue weighted by molar-refractivity contribution is -0.152. The number of amides is 2. The molecule has 2 amide bonds. The Balaban J connectivity index is 1.63. The first kappa shape index (κ1) is 18.7. The van der Waals surface area contributed by atoms with E-state index < -0.39 is 35.9 Å². The Morgan fingerprint density at radius 1 is 1.36 bits per heavy atom. The summed E-state index contributed by atoms with van der Waals surface area (Å²) >= 11 is 1.61. The van der Waals surface area contributed by atoms with E-state index in [4.69, 9.17) is 14.2 Å². The normalized spacial score (nSPS) is 27.6. The van der Waals surface area contributed by atoms with Gasteiger partial charge in [-0.3, -0.25) is 4.79 Å². The number of nitrogens with zero attached hydrogens (tertiary/aromatic N) is 1. The van der Waals surface area contributed by atoms with Gasteiger partial charge in [-0.1, -0.05) is 0 Å². The molecular formula is C20H21NO6S. The molecule has 2 unspecified atom stereocenters. The maximum atomic E-state index is 13.1. The van der Waals surface area contributed by atoms with E-state index in [0.717, 1.165) is 10.4 Å². The molecule has 0 radical (unpaired) electrons. The van der Waals surface area contributed by atoms with Crippen LogP contribution in [0.2, 0.25) is 0 Å². The highest BCUT2D eigenvalue weighted by Crippen LogP contribution is 2.51. The van der Waals surface area contributed by atoms with Crippen LogP contribution in [0.3, 0.4) is 0 Å². The van der Waals surface area contributed by atoms with E-state index in [9.17, 15) is 14.4 Å². The molecule has 2 aliphatic heterocycles. The van der Waals surface area contributed by atoms with Crippen molar-refractivity contribution in [1.82, 2.24) is 4.90 Å². The number of likely N-dealkylation sites (tertiary alicyclic amines) is 1. The third-order valence-electron chi connectivity index (χ3n) is 4.88. The van der Waals surface area contributed by atoms with E-state index in [1.807, 2.05) is 11.4 Å². The van der Waals surface area contributed by atoms with Crippen LogP contribution in [-0.2, 0) is 30.2 Å². The average molecular weight is 403 g/mol. The van der Waals surface area contributed by atoms with Gasteiger partial charge in [0, 0.05) is 22.4 Å². The van der Waals surface area contributed by atoms with Gasteiger partial charge in [0.1, 0.15) is 5.60 Å². The fraction of sp³-hybridized carbons (Fsp3) is 0.450. The van der Waals surface area contributed by atoms with Gasteiger partial charge in [0.15, 0.2) is 0 Å². The first-order chi connectivity index (χ1) is 13.2. The molecule has 3 atom stereocenters. The Kier molecular flexibility index (Phi) is 4.33. The smallest absolute Gasteiger partial charge is 0.417 e. The van der Waals surface area contributed by atoms with Gasteiger partial charge in [-0.25, -0.2) is 14.5 Å². The van der Waals surface area contributed by atoms with Gasteiger partial charge >= 0.3 is 12.1 Å². The molecule has 1 saturated heterocycles. The van der Waals surface area contributed by atoms with Gasteiger partial charge < -0.3 is 14.2 Å². The molecule has 7 nitrogen and oxygen atoms in total. The topological polar surface area (TPSA) is 82.1 Å². The van der Waals surface area contributed by atoms with Crippen LogP contribution in [-0.4, -0.2) is 34.8 Å². The van der Waals surface area contributed by atoms with Crippen LogP contribution in [0, 0.1) is 5.92 Å². The van der Waals surface area contributed by atoms with Crippen LogP contribution in [0.15, 0.2) is 34.9 Å². The third kappa shape index (κ3) is 3.11. The number of imide groups is 1. The predicted molar refractivity (Wildman–Crippen MR) is 100 cm³/mol. The van der Waals surface area contributed by atoms with Gasteiger partial charge in [0.2, 0.25) is 0 Å². The van der Waals surface area contributed by atoms with Crippen LogP contribution in [0.1, 0.15) is 44.2 Å². The van der Waals surface area contributed by atoms with E-state index in [0.29, 0.717) is 17.6 Å². The maximum absolute atomic E-state index is 13.1. The van der Waals surface area contributed by atoms with E-state index in [1.54, 1.807) is 45.1 Å². The number of ether oxygens (including phenoxy) is 3. The van der Waals surface area contributed by atoms with Gasteiger partial charge in [0.25, 0.3) is 12.2 Å². The number of carbonyl (C=O) groups is 3. The Bertz CT molecular complexity index is 921. The maximum Gasteiger partial charge on any atom is 0.417 e. The standard InChI is InChI=1S/C20H21NO6S/c1-10-7-15(26-18(10)23)25-9-13-12-8-14-11(5-6-28-14)16(12)21(17(13)22)19(24)27-20(2,3)4/h5-7,9,12,15-16H,8H2,1-4H3/b13-9+/t12?,15-,16?/m0/s1. The minimum absolute atomic E-state index is 0.204. The van der Waals surface area contributed by atoms with Crippen molar-refractivity contribution in [3.8, 4) is 0 Å². The fourth-order valence-electron chi connectivity index (χ4n) is 3.69. The summed E-state index contributed by atoms with van der Waals surface area (Å²) in [6, 6.07) is 1.55. The lowest BCUT2D eigenvalue weighted by atomic mass is 9.97. The van der Waals surface area contributed by atoms with E-state index in [2.05, 4.69) is 0 Å². The van der Waals surface area contributed by atoms with Crippen molar-refractivity contribution in [3.63, 3.8) is 0 Å². The van der Waals surface area contributed by atoms with Gasteiger partial charge in [0.05, 0.1) is 17.9 Å². The average Bonchev–Trinajstić information content (AvgIpc) is 3.28. The molecule has 1 aromatic rings. The van der Waals surface area contributed by atoms with E-state index in [1.165, 1.54) is 11.2 Å². The van der Waals surface area contributed by atoms with Crippen molar-refractivity contribution >= 4 is 29.3 Å². The van der Waals surface area contributed by atoms with Crippen LogP contribution >= 0.6 is 11.3 Å². The van der Waals surface area contributed by atoms with E-state index in [-0.39, 0.29) is 5.92 Å². The number of hydrogen-bond donors (Lipinski definition) is 0. The van der Waals surface area contributed by atoms with Crippen molar-refractivity contribution in [2.45, 2.75) is 52.0 Å². The number of rotatable bonds is 2. The first-order valence-electron chi connectivity index (χ1n) is 9.03. The number of esters is 1. The molecule has 1 aromatic heterocycles. The van der Waals surface area contributed by atoms with E-state index >= 15 is 0 Å². The summed E-state index contributed by atoms with van der Waals surface area (Å²) in [7, 11) is 0. The van der Waals surface area contributed by atoms with Crippen LogP contribution in [0.5, 0.6) is 0 Å². The summed E-state index contributed by atoms with van der Waals surface area (Å²) in [5.74, 6) is -1.09. The summed E-state index contributed by atoms with van der Waals surface area (Å²) in [5.41, 5.74) is 1.10. The molecule has 0 spiro atoms. The summed E-state index contributed by atoms with van der Waals surface area (Å²) < 4.78 is 16.1. The second kappa shape index (κ2) is 6.48. The molecule has 28 heavy (non-hydrogen) atoms. The number of cyclic esters (lactones) is 1. The first-order valence-corrected chi connectivity index (χ1v) is 9.91. The monoisotopic (exact) mass is 403 g/mol. The molecule has 0 N–H and O–H groups in total. The molecular weight excluding hydrogens is 382 g/mol. The molecule has 0 bridgehead atoms. The lowest BCUT2D eigenvalue weighted by Crippen LogP contribution is -2.39. The van der Waals surface area contributed by atoms with Crippen molar-refractivity contribution in [2.75, 3.05) is 0 Å². The zero-order valence-electron chi connectivity index (χ0n) is 16.1. The summed E-state index contributed by atoms with van der Waals surface area (Å²) in [6.07, 6.45) is 1.99. The van der Waals surface area contributed by atoms with Gasteiger partial charge in [-0.2, -0.15) is 0 Å². The lowest BCUT2D eigenvalue weighted by Gasteiger charge is -2.26. The van der Waals surface area contributed by atoms with Gasteiger partial charge in [-0.05, 0) is 51.1 Å². The quantitative estimate of drug-likeness (QED) is 0.427. The summed E-state index contributed by atoms with van der Waals surface area (Å²) in [6.45, 7) is 6.92. The van der Waals surface area contributed by atoms with Crippen LogP contribution < -0.4 is 0 Å². The number of fused-ring (bicyclic) bond motifs is 3. The van der Waals surface area contributed by atoms with Crippen LogP contribution in [0.25, 0.3) is 0 Å². The second-order valence-corrected chi connectivity index (χ2v) is 9.04. The molecule has 3 heterocycles. The molecule has 0 saturated carbocycles. The van der Waals surface area contributed by atoms with Crippen molar-refractivity contribution in [3.05, 3.63) is 45.4 Å². The van der Waals surface area contributed by atoms with Crippen molar-refractivity contribution in [1.29, 1.82) is 0 Å². The Labute approximate surface area is 166 Å². The number of carbonyl (C=O) groups excluding carboxylic acids is 3. The Morgan fingerprint density at radius 2 is 2.11 bits per heavy atom. The highest BCUT2D eigenvalue weighted by atomic mass is 32.1. The SMILES string of the molecule is CC1=C[C@@H](O/C=C2/C(=O)N(C(=O)OC(C)(C)C)C3c4ccsc4CC23)OC1=O. The highest BCUT2D eigenvalue weighted by molar-refractivity contribution is 7.10. The summed E-state index contributed by atoms with van der Waals surface area (Å²) in [4.78, 5) is 39.7. The van der Waals surface area contributed by atoms with Gasteiger partial charge in [-0.15, -0.1) is 11.3 Å². The molecule has 148 valence electrons. The Morgan fingerprint density at radius 3 is 2.75 bits per heavy atom. The predicted octanol–water partition coefficient (Wildman–Crippen LogP) is 3.47. The minimum Gasteiger partial charge on any atom is -0.458 e. The Hall–Kier alpha value is -2.61. The molecule has 4 rings (SSSR count). The fourth-order valence-corrected chi connectivity index (χ4v) is 4.67. The number of thiophene rings is 1. The number of hydrogen-bond acceptors (Lipinski definition) is 7. The zero-order valence-corrected chi connectivity index (χ0v) is 16.9. The minimum atomic E-state index is -0.864. The third-order valence-corrected chi connectivity index (χ3v) is 5.84. The molecule has 0 aromatic carbocycles. The highest BCUT2D eigenvalue weighted by Gasteiger charge is 2.53. The van der Waals surface area contributed by atoms with Crippen LogP contribution in [0.4, 0.5) is 4.79 Å².